The molecule has 2 nitrogen and oxygen atoms in total. The first-order valence-electron chi connectivity index (χ1n) is 4.15. The minimum absolute atomic E-state index is 0.281. The van der Waals surface area contributed by atoms with Gasteiger partial charge in [0.05, 0.1) is 7.11 Å². The molecule has 0 radical (unpaired) electrons. The molecule has 0 aliphatic carbocycles. The quantitative estimate of drug-likeness (QED) is 0.533. The Morgan fingerprint density at radius 2 is 2.21 bits per heavy atom. The largest absolute Gasteiger partial charge is 0.466 e. The first-order chi connectivity index (χ1) is 6.63. The highest BCUT2D eigenvalue weighted by molar-refractivity contribution is 5.86. The maximum absolute atomic E-state index is 13.0. The Labute approximate surface area is 82.0 Å². The van der Waals surface area contributed by atoms with Crippen LogP contribution in [0.3, 0.4) is 0 Å². The molecule has 0 fully saturated rings. The van der Waals surface area contributed by atoms with Gasteiger partial charge in [0.1, 0.15) is 5.82 Å². The van der Waals surface area contributed by atoms with E-state index in [0.29, 0.717) is 11.1 Å². The lowest BCUT2D eigenvalue weighted by atomic mass is 10.1. The molecule has 0 N–H and O–H groups in total. The summed E-state index contributed by atoms with van der Waals surface area (Å²) in [5, 5.41) is 0. The molecule has 1 aromatic carbocycles. The topological polar surface area (TPSA) is 26.3 Å². The number of aryl methyl sites for hydroxylation is 1. The van der Waals surface area contributed by atoms with Gasteiger partial charge in [-0.1, -0.05) is 12.1 Å². The van der Waals surface area contributed by atoms with E-state index in [1.807, 2.05) is 0 Å². The molecule has 0 spiro atoms. The summed E-state index contributed by atoms with van der Waals surface area (Å²) < 4.78 is 17.4. The third-order valence-electron chi connectivity index (χ3n) is 1.81. The first-order valence-corrected chi connectivity index (χ1v) is 4.15. The molecule has 1 rings (SSSR count). The second-order valence-corrected chi connectivity index (χ2v) is 2.87. The highest BCUT2D eigenvalue weighted by Crippen LogP contribution is 2.10. The Kier molecular flexibility index (Phi) is 3.40. The third kappa shape index (κ3) is 2.69. The molecule has 0 heterocycles. The normalized spacial score (nSPS) is 10.5. The Hall–Kier alpha value is -1.64. The number of benzene rings is 1. The van der Waals surface area contributed by atoms with Crippen LogP contribution in [0.15, 0.2) is 24.3 Å². The lowest BCUT2D eigenvalue weighted by Crippen LogP contribution is -1.93. The monoisotopic (exact) mass is 194 g/mol. The average Bonchev–Trinajstić information content (AvgIpc) is 2.19. The van der Waals surface area contributed by atoms with Crippen molar-refractivity contribution in [1.29, 1.82) is 0 Å². The molecule has 0 bridgehead atoms. The van der Waals surface area contributed by atoms with Crippen molar-refractivity contribution >= 4 is 12.0 Å². The second kappa shape index (κ2) is 4.56. The van der Waals surface area contributed by atoms with E-state index in [0.717, 1.165) is 0 Å². The molecule has 74 valence electrons. The Bertz CT molecular complexity index is 370. The predicted octanol–water partition coefficient (Wildman–Crippen LogP) is 2.32. The number of methoxy groups -OCH3 is 1. The van der Waals surface area contributed by atoms with E-state index in [1.54, 1.807) is 19.1 Å². The van der Waals surface area contributed by atoms with E-state index in [-0.39, 0.29) is 5.82 Å². The Balaban J connectivity index is 2.83. The summed E-state index contributed by atoms with van der Waals surface area (Å²) in [6.07, 6.45) is 2.76. The molecule has 0 saturated carbocycles. The third-order valence-corrected chi connectivity index (χ3v) is 1.81. The molecular weight excluding hydrogens is 183 g/mol. The van der Waals surface area contributed by atoms with Crippen LogP contribution in [0.25, 0.3) is 6.08 Å². The highest BCUT2D eigenvalue weighted by atomic mass is 19.1. The van der Waals surface area contributed by atoms with Gasteiger partial charge in [-0.2, -0.15) is 0 Å². The fourth-order valence-electron chi connectivity index (χ4n) is 0.945. The van der Waals surface area contributed by atoms with Crippen LogP contribution < -0.4 is 0 Å². The SMILES string of the molecule is COC(=O)/C=C/c1ccc(C)c(F)c1. The van der Waals surface area contributed by atoms with Gasteiger partial charge in [-0.25, -0.2) is 9.18 Å². The van der Waals surface area contributed by atoms with E-state index < -0.39 is 5.97 Å². The molecule has 0 unspecified atom stereocenters. The van der Waals surface area contributed by atoms with E-state index in [4.69, 9.17) is 0 Å². The summed E-state index contributed by atoms with van der Waals surface area (Å²) in [6, 6.07) is 4.76. The summed E-state index contributed by atoms with van der Waals surface area (Å²) >= 11 is 0. The van der Waals surface area contributed by atoms with Crippen molar-refractivity contribution in [3.05, 3.63) is 41.2 Å². The van der Waals surface area contributed by atoms with Gasteiger partial charge in [0.25, 0.3) is 0 Å². The van der Waals surface area contributed by atoms with Gasteiger partial charge < -0.3 is 4.74 Å². The molecule has 0 atom stereocenters. The summed E-state index contributed by atoms with van der Waals surface area (Å²) in [5.74, 6) is -0.733. The zero-order chi connectivity index (χ0) is 10.6. The van der Waals surface area contributed by atoms with Crippen LogP contribution in [0.5, 0.6) is 0 Å². The summed E-state index contributed by atoms with van der Waals surface area (Å²) in [7, 11) is 1.29. The molecular formula is C11H11FO2. The van der Waals surface area contributed by atoms with E-state index in [2.05, 4.69) is 4.74 Å². The van der Waals surface area contributed by atoms with Crippen LogP contribution in [-0.4, -0.2) is 13.1 Å². The van der Waals surface area contributed by atoms with Crippen molar-refractivity contribution in [3.8, 4) is 0 Å². The molecule has 3 heteroatoms. The van der Waals surface area contributed by atoms with Crippen LogP contribution in [0.2, 0.25) is 0 Å². The van der Waals surface area contributed by atoms with Crippen molar-refractivity contribution in [1.82, 2.24) is 0 Å². The number of carbonyl (C=O) groups excluding carboxylic acids is 1. The smallest absolute Gasteiger partial charge is 0.330 e. The average molecular weight is 194 g/mol. The number of ether oxygens (including phenoxy) is 1. The molecule has 0 saturated heterocycles. The lowest BCUT2D eigenvalue weighted by molar-refractivity contribution is -0.134. The van der Waals surface area contributed by atoms with Crippen molar-refractivity contribution in [2.45, 2.75) is 6.92 Å². The molecule has 0 aliphatic heterocycles. The van der Waals surface area contributed by atoms with E-state index >= 15 is 0 Å². The van der Waals surface area contributed by atoms with Crippen LogP contribution >= 0.6 is 0 Å². The van der Waals surface area contributed by atoms with Crippen molar-refractivity contribution in [2.24, 2.45) is 0 Å². The van der Waals surface area contributed by atoms with Crippen LogP contribution in [0, 0.1) is 12.7 Å². The molecule has 14 heavy (non-hydrogen) atoms. The van der Waals surface area contributed by atoms with Gasteiger partial charge in [0.15, 0.2) is 0 Å². The van der Waals surface area contributed by atoms with Crippen molar-refractivity contribution < 1.29 is 13.9 Å². The summed E-state index contributed by atoms with van der Waals surface area (Å²) in [5.41, 5.74) is 1.22. The van der Waals surface area contributed by atoms with Gasteiger partial charge in [-0.15, -0.1) is 0 Å². The van der Waals surface area contributed by atoms with E-state index in [1.165, 1.54) is 25.3 Å². The first kappa shape index (κ1) is 10.4. The Morgan fingerprint density at radius 1 is 1.50 bits per heavy atom. The number of carbonyl (C=O) groups is 1. The minimum atomic E-state index is -0.453. The number of hydrogen-bond acceptors (Lipinski definition) is 2. The van der Waals surface area contributed by atoms with Gasteiger partial charge in [0, 0.05) is 6.08 Å². The van der Waals surface area contributed by atoms with Gasteiger partial charge in [-0.05, 0) is 30.2 Å². The highest BCUT2D eigenvalue weighted by Gasteiger charge is 1.97. The van der Waals surface area contributed by atoms with Crippen LogP contribution in [-0.2, 0) is 9.53 Å². The zero-order valence-corrected chi connectivity index (χ0v) is 8.08. The lowest BCUT2D eigenvalue weighted by Gasteiger charge is -1.97. The number of rotatable bonds is 2. The van der Waals surface area contributed by atoms with Crippen LogP contribution in [0.1, 0.15) is 11.1 Å². The standard InChI is InChI=1S/C11H11FO2/c1-8-3-4-9(7-10(8)12)5-6-11(13)14-2/h3-7H,1-2H3/b6-5+. The number of esters is 1. The molecule has 0 amide bonds. The van der Waals surface area contributed by atoms with Gasteiger partial charge >= 0.3 is 5.97 Å². The molecule has 0 aliphatic rings. The maximum Gasteiger partial charge on any atom is 0.330 e. The number of hydrogen-bond donors (Lipinski definition) is 0. The fraction of sp³-hybridized carbons (Fsp3) is 0.182. The maximum atomic E-state index is 13.0. The van der Waals surface area contributed by atoms with Crippen molar-refractivity contribution in [2.75, 3.05) is 7.11 Å². The van der Waals surface area contributed by atoms with Gasteiger partial charge in [0.2, 0.25) is 0 Å². The second-order valence-electron chi connectivity index (χ2n) is 2.87. The van der Waals surface area contributed by atoms with Gasteiger partial charge in [-0.3, -0.25) is 0 Å². The Morgan fingerprint density at radius 3 is 2.79 bits per heavy atom. The van der Waals surface area contributed by atoms with Crippen molar-refractivity contribution in [3.63, 3.8) is 0 Å². The summed E-state index contributed by atoms with van der Waals surface area (Å²) in [4.78, 5) is 10.7. The zero-order valence-electron chi connectivity index (χ0n) is 8.08. The number of halogens is 1. The summed E-state index contributed by atoms with van der Waals surface area (Å²) in [6.45, 7) is 1.68. The molecule has 1 aromatic rings. The minimum Gasteiger partial charge on any atom is -0.466 e. The fourth-order valence-corrected chi connectivity index (χ4v) is 0.945. The van der Waals surface area contributed by atoms with Crippen LogP contribution in [0.4, 0.5) is 4.39 Å². The predicted molar refractivity (Wildman–Crippen MR) is 52.2 cm³/mol. The van der Waals surface area contributed by atoms with E-state index in [9.17, 15) is 9.18 Å². The molecule has 0 aromatic heterocycles.